The largest absolute Gasteiger partial charge is 0.488 e. The summed E-state index contributed by atoms with van der Waals surface area (Å²) in [6.07, 6.45) is 2.00. The highest BCUT2D eigenvalue weighted by Gasteiger charge is 2.36. The fourth-order valence-corrected chi connectivity index (χ4v) is 4.01. The second-order valence-corrected chi connectivity index (χ2v) is 8.08. The minimum atomic E-state index is -2.90. The highest BCUT2D eigenvalue weighted by molar-refractivity contribution is 7.92. The van der Waals surface area contributed by atoms with Crippen LogP contribution in [0.4, 0.5) is 0 Å². The first-order chi connectivity index (χ1) is 9.93. The summed E-state index contributed by atoms with van der Waals surface area (Å²) in [5, 5.41) is 9.04. The van der Waals surface area contributed by atoms with Gasteiger partial charge in [-0.1, -0.05) is 12.1 Å². The quantitative estimate of drug-likeness (QED) is 0.867. The van der Waals surface area contributed by atoms with Crippen LogP contribution >= 0.6 is 0 Å². The van der Waals surface area contributed by atoms with E-state index in [-0.39, 0.29) is 29.9 Å². The van der Waals surface area contributed by atoms with Gasteiger partial charge in [0.2, 0.25) is 0 Å². The van der Waals surface area contributed by atoms with Crippen LogP contribution in [0, 0.1) is 5.92 Å². The van der Waals surface area contributed by atoms with Crippen molar-refractivity contribution in [1.29, 1.82) is 0 Å². The Kier molecular flexibility index (Phi) is 3.65. The van der Waals surface area contributed by atoms with E-state index < -0.39 is 15.8 Å². The Balaban J connectivity index is 1.71. The van der Waals surface area contributed by atoms with Crippen molar-refractivity contribution in [1.82, 2.24) is 0 Å². The van der Waals surface area contributed by atoms with Gasteiger partial charge in [-0.25, -0.2) is 8.42 Å². The lowest BCUT2D eigenvalue weighted by Gasteiger charge is -2.27. The molecule has 2 aliphatic rings. The summed E-state index contributed by atoms with van der Waals surface area (Å²) in [5.41, 5.74) is 0.972. The molecule has 0 spiro atoms. The number of aliphatic carboxylic acids is 1. The molecule has 0 aromatic heterocycles. The molecule has 1 aromatic rings. The summed E-state index contributed by atoms with van der Waals surface area (Å²) in [7, 11) is -2.90. The van der Waals surface area contributed by atoms with E-state index in [2.05, 4.69) is 0 Å². The lowest BCUT2D eigenvalue weighted by atomic mass is 9.91. The van der Waals surface area contributed by atoms with Crippen LogP contribution in [0.5, 0.6) is 5.75 Å². The maximum absolute atomic E-state index is 11.1. The molecular weight excluding hydrogens is 292 g/mol. The second kappa shape index (κ2) is 5.33. The number of carbonyl (C=O) groups is 1. The molecule has 3 rings (SSSR count). The summed E-state index contributed by atoms with van der Waals surface area (Å²) < 4.78 is 27.9. The summed E-state index contributed by atoms with van der Waals surface area (Å²) in [4.78, 5) is 11.0. The zero-order valence-electron chi connectivity index (χ0n) is 11.6. The topological polar surface area (TPSA) is 80.7 Å². The fraction of sp³-hybridized carbons (Fsp3) is 0.533. The van der Waals surface area contributed by atoms with E-state index in [1.807, 2.05) is 18.2 Å². The summed E-state index contributed by atoms with van der Waals surface area (Å²) in [5.74, 6) is 0.444. The summed E-state index contributed by atoms with van der Waals surface area (Å²) >= 11 is 0. The average Bonchev–Trinajstić information content (AvgIpc) is 3.18. The molecule has 1 saturated carbocycles. The summed E-state index contributed by atoms with van der Waals surface area (Å²) in [6.45, 7) is 0. The van der Waals surface area contributed by atoms with E-state index in [4.69, 9.17) is 9.84 Å². The van der Waals surface area contributed by atoms with Crippen molar-refractivity contribution in [2.45, 2.75) is 31.3 Å². The Labute approximate surface area is 123 Å². The molecule has 0 radical (unpaired) electrons. The molecule has 1 unspecified atom stereocenters. The number of hydrogen-bond acceptors (Lipinski definition) is 4. The Bertz CT molecular complexity index is 636. The lowest BCUT2D eigenvalue weighted by molar-refractivity contribution is -0.137. The first kappa shape index (κ1) is 14.4. The summed E-state index contributed by atoms with van der Waals surface area (Å²) in [6, 6.07) is 7.42. The molecule has 1 heterocycles. The van der Waals surface area contributed by atoms with E-state index in [0.717, 1.165) is 18.4 Å². The van der Waals surface area contributed by atoms with Gasteiger partial charge in [-0.2, -0.15) is 0 Å². The molecule has 114 valence electrons. The van der Waals surface area contributed by atoms with Crippen LogP contribution in [-0.4, -0.2) is 37.1 Å². The van der Waals surface area contributed by atoms with Crippen molar-refractivity contribution in [2.24, 2.45) is 5.92 Å². The number of ether oxygens (including phenoxy) is 1. The van der Waals surface area contributed by atoms with Crippen molar-refractivity contribution in [2.75, 3.05) is 11.5 Å². The fourth-order valence-electron chi connectivity index (χ4n) is 2.84. The number of carboxylic acids is 1. The molecule has 5 nitrogen and oxygen atoms in total. The van der Waals surface area contributed by atoms with Crippen molar-refractivity contribution in [3.8, 4) is 5.75 Å². The third kappa shape index (κ3) is 3.56. The van der Waals surface area contributed by atoms with E-state index in [1.54, 1.807) is 6.07 Å². The zero-order valence-corrected chi connectivity index (χ0v) is 12.4. The molecule has 1 aliphatic carbocycles. The maximum Gasteiger partial charge on any atom is 0.303 e. The first-order valence-electron chi connectivity index (χ1n) is 7.12. The van der Waals surface area contributed by atoms with Gasteiger partial charge < -0.3 is 9.84 Å². The predicted octanol–water partition coefficient (Wildman–Crippen LogP) is 1.83. The van der Waals surface area contributed by atoms with Crippen LogP contribution in [0.25, 0.3) is 0 Å². The van der Waals surface area contributed by atoms with Gasteiger partial charge in [-0.3, -0.25) is 4.79 Å². The van der Waals surface area contributed by atoms with Crippen LogP contribution in [0.15, 0.2) is 24.3 Å². The second-order valence-electron chi connectivity index (χ2n) is 5.93. The van der Waals surface area contributed by atoms with Gasteiger partial charge in [0, 0.05) is 0 Å². The van der Waals surface area contributed by atoms with Gasteiger partial charge in [0.1, 0.15) is 11.9 Å². The molecule has 1 saturated heterocycles. The van der Waals surface area contributed by atoms with Crippen LogP contribution in [0.3, 0.4) is 0 Å². The number of rotatable bonds is 6. The number of hydrogen-bond donors (Lipinski definition) is 1. The Hall–Kier alpha value is -1.56. The minimum Gasteiger partial charge on any atom is -0.488 e. The Morgan fingerprint density at radius 2 is 2.05 bits per heavy atom. The third-order valence-corrected chi connectivity index (χ3v) is 5.81. The van der Waals surface area contributed by atoms with Crippen molar-refractivity contribution in [3.05, 3.63) is 29.8 Å². The SMILES string of the molecule is O=C(O)CC(c1cccc(OC2CS(=O)(=O)C2)c1)C1CC1. The van der Waals surface area contributed by atoms with Gasteiger partial charge in [0.25, 0.3) is 0 Å². The van der Waals surface area contributed by atoms with Crippen molar-refractivity contribution >= 4 is 15.8 Å². The van der Waals surface area contributed by atoms with E-state index in [9.17, 15) is 13.2 Å². The molecular formula is C15H18O5S. The van der Waals surface area contributed by atoms with Gasteiger partial charge in [0.15, 0.2) is 9.84 Å². The van der Waals surface area contributed by atoms with Crippen molar-refractivity contribution < 1.29 is 23.1 Å². The highest BCUT2D eigenvalue weighted by atomic mass is 32.2. The monoisotopic (exact) mass is 310 g/mol. The standard InChI is InChI=1S/C15H18O5S/c16-15(17)7-14(10-4-5-10)11-2-1-3-12(6-11)20-13-8-21(18,19)9-13/h1-3,6,10,13-14H,4-5,7-9H2,(H,16,17). The Morgan fingerprint density at radius 1 is 1.33 bits per heavy atom. The van der Waals surface area contributed by atoms with Gasteiger partial charge in [-0.15, -0.1) is 0 Å². The predicted molar refractivity (Wildman–Crippen MR) is 77.2 cm³/mol. The van der Waals surface area contributed by atoms with E-state index in [0.29, 0.717) is 11.7 Å². The average molecular weight is 310 g/mol. The van der Waals surface area contributed by atoms with E-state index >= 15 is 0 Å². The van der Waals surface area contributed by atoms with Crippen LogP contribution in [0.1, 0.15) is 30.7 Å². The minimum absolute atomic E-state index is 0.0242. The molecule has 6 heteroatoms. The smallest absolute Gasteiger partial charge is 0.303 e. The number of carboxylic acid groups (broad SMARTS) is 1. The molecule has 1 aromatic carbocycles. The maximum atomic E-state index is 11.1. The number of sulfone groups is 1. The molecule has 1 atom stereocenters. The number of benzene rings is 1. The lowest BCUT2D eigenvalue weighted by Crippen LogP contribution is -2.45. The normalized spacial score (nSPS) is 22.3. The molecule has 1 N–H and O–H groups in total. The highest BCUT2D eigenvalue weighted by Crippen LogP contribution is 2.45. The van der Waals surface area contributed by atoms with Crippen LogP contribution in [0.2, 0.25) is 0 Å². The van der Waals surface area contributed by atoms with Gasteiger partial charge in [0.05, 0.1) is 17.9 Å². The Morgan fingerprint density at radius 3 is 2.62 bits per heavy atom. The van der Waals surface area contributed by atoms with Crippen LogP contribution < -0.4 is 4.74 Å². The van der Waals surface area contributed by atoms with E-state index in [1.165, 1.54) is 0 Å². The molecule has 0 amide bonds. The molecule has 21 heavy (non-hydrogen) atoms. The third-order valence-electron chi connectivity index (χ3n) is 4.05. The van der Waals surface area contributed by atoms with Gasteiger partial charge in [-0.05, 0) is 42.4 Å². The molecule has 2 fully saturated rings. The first-order valence-corrected chi connectivity index (χ1v) is 8.94. The van der Waals surface area contributed by atoms with Crippen molar-refractivity contribution in [3.63, 3.8) is 0 Å². The zero-order chi connectivity index (χ0) is 15.0. The molecule has 1 aliphatic heterocycles. The van der Waals surface area contributed by atoms with Crippen LogP contribution in [-0.2, 0) is 14.6 Å². The molecule has 0 bridgehead atoms. The van der Waals surface area contributed by atoms with Gasteiger partial charge >= 0.3 is 5.97 Å².